The van der Waals surface area contributed by atoms with Gasteiger partial charge in [-0.1, -0.05) is 24.6 Å². The maximum absolute atomic E-state index is 6.00. The molecule has 0 unspecified atom stereocenters. The number of hydrogen-bond donors (Lipinski definition) is 1. The summed E-state index contributed by atoms with van der Waals surface area (Å²) < 4.78 is 5.74. The van der Waals surface area contributed by atoms with Gasteiger partial charge in [0.2, 0.25) is 5.89 Å². The molecule has 0 saturated carbocycles. The Hall–Kier alpha value is -2.00. The largest absolute Gasteiger partial charge is 0.436 e. The van der Waals surface area contributed by atoms with Crippen LogP contribution in [0.4, 0.5) is 5.69 Å². The van der Waals surface area contributed by atoms with Gasteiger partial charge in [-0.3, -0.25) is 0 Å². The fraction of sp³-hybridized carbons (Fsp3) is 0.133. The van der Waals surface area contributed by atoms with Crippen molar-refractivity contribution in [2.24, 2.45) is 0 Å². The predicted molar refractivity (Wildman–Crippen MR) is 78.2 cm³/mol. The summed E-state index contributed by atoms with van der Waals surface area (Å²) in [4.78, 5) is 4.49. The summed E-state index contributed by atoms with van der Waals surface area (Å²) in [5.41, 5.74) is 10.0. The molecule has 0 bridgehead atoms. The second-order valence-corrected chi connectivity index (χ2v) is 4.88. The molecule has 0 spiro atoms. The van der Waals surface area contributed by atoms with Gasteiger partial charge in [-0.15, -0.1) is 0 Å². The normalized spacial score (nSPS) is 11.1. The molecule has 1 heterocycles. The fourth-order valence-corrected chi connectivity index (χ4v) is 2.30. The molecule has 4 heteroatoms. The van der Waals surface area contributed by atoms with Crippen LogP contribution in [0.2, 0.25) is 5.02 Å². The molecule has 0 amide bonds. The van der Waals surface area contributed by atoms with Crippen LogP contribution in [0.3, 0.4) is 0 Å². The van der Waals surface area contributed by atoms with Crippen LogP contribution in [0, 0.1) is 0 Å². The molecule has 0 aliphatic heterocycles. The number of nitrogens with zero attached hydrogens (tertiary/aromatic N) is 1. The van der Waals surface area contributed by atoms with Crippen LogP contribution in [-0.2, 0) is 6.42 Å². The van der Waals surface area contributed by atoms with E-state index in [0.717, 1.165) is 23.1 Å². The molecule has 0 atom stereocenters. The summed E-state index contributed by atoms with van der Waals surface area (Å²) >= 11 is 6.00. The van der Waals surface area contributed by atoms with Gasteiger partial charge in [0.25, 0.3) is 0 Å². The number of anilines is 1. The molecular weight excluding hydrogens is 260 g/mol. The SMILES string of the molecule is CCc1ccc2oc(-c3cc(N)cc(Cl)c3)nc2c1. The Bertz CT molecular complexity index is 729. The van der Waals surface area contributed by atoms with Crippen LogP contribution in [0.15, 0.2) is 40.8 Å². The molecule has 2 N–H and O–H groups in total. The minimum atomic E-state index is 0.539. The molecule has 2 aromatic carbocycles. The van der Waals surface area contributed by atoms with Gasteiger partial charge in [0.15, 0.2) is 5.58 Å². The van der Waals surface area contributed by atoms with Crippen molar-refractivity contribution in [1.82, 2.24) is 4.98 Å². The summed E-state index contributed by atoms with van der Waals surface area (Å²) in [5, 5.41) is 0.575. The van der Waals surface area contributed by atoms with E-state index >= 15 is 0 Å². The summed E-state index contributed by atoms with van der Waals surface area (Å²) in [7, 11) is 0. The average molecular weight is 273 g/mol. The molecule has 0 aliphatic carbocycles. The molecule has 3 rings (SSSR count). The van der Waals surface area contributed by atoms with Gasteiger partial charge in [-0.25, -0.2) is 4.98 Å². The van der Waals surface area contributed by atoms with Gasteiger partial charge >= 0.3 is 0 Å². The van der Waals surface area contributed by atoms with Crippen LogP contribution in [0.5, 0.6) is 0 Å². The second-order valence-electron chi connectivity index (χ2n) is 4.45. The van der Waals surface area contributed by atoms with E-state index < -0.39 is 0 Å². The number of oxazole rings is 1. The van der Waals surface area contributed by atoms with Crippen molar-refractivity contribution < 1.29 is 4.42 Å². The van der Waals surface area contributed by atoms with E-state index in [1.165, 1.54) is 5.56 Å². The minimum absolute atomic E-state index is 0.539. The third-order valence-corrected chi connectivity index (χ3v) is 3.25. The van der Waals surface area contributed by atoms with E-state index in [9.17, 15) is 0 Å². The molecule has 0 radical (unpaired) electrons. The van der Waals surface area contributed by atoms with Crippen molar-refractivity contribution in [3.05, 3.63) is 47.0 Å². The van der Waals surface area contributed by atoms with Crippen molar-refractivity contribution >= 4 is 28.4 Å². The van der Waals surface area contributed by atoms with Crippen molar-refractivity contribution in [2.45, 2.75) is 13.3 Å². The second kappa shape index (κ2) is 4.59. The monoisotopic (exact) mass is 272 g/mol. The number of nitrogens with two attached hydrogens (primary N) is 1. The Morgan fingerprint density at radius 1 is 1.21 bits per heavy atom. The van der Waals surface area contributed by atoms with E-state index in [1.54, 1.807) is 18.2 Å². The van der Waals surface area contributed by atoms with Crippen LogP contribution < -0.4 is 5.73 Å². The third kappa shape index (κ3) is 2.29. The van der Waals surface area contributed by atoms with E-state index in [0.29, 0.717) is 16.6 Å². The first-order chi connectivity index (χ1) is 9.15. The Labute approximate surface area is 116 Å². The Kier molecular flexibility index (Phi) is 2.91. The molecule has 3 nitrogen and oxygen atoms in total. The van der Waals surface area contributed by atoms with Crippen molar-refractivity contribution in [1.29, 1.82) is 0 Å². The van der Waals surface area contributed by atoms with Gasteiger partial charge in [0, 0.05) is 16.3 Å². The third-order valence-electron chi connectivity index (χ3n) is 3.03. The van der Waals surface area contributed by atoms with Crippen molar-refractivity contribution in [3.8, 4) is 11.5 Å². The average Bonchev–Trinajstić information content (AvgIpc) is 2.80. The van der Waals surface area contributed by atoms with Crippen molar-refractivity contribution in [2.75, 3.05) is 5.73 Å². The van der Waals surface area contributed by atoms with Crippen LogP contribution in [0.1, 0.15) is 12.5 Å². The Morgan fingerprint density at radius 2 is 2.05 bits per heavy atom. The minimum Gasteiger partial charge on any atom is -0.436 e. The van der Waals surface area contributed by atoms with Gasteiger partial charge < -0.3 is 10.2 Å². The fourth-order valence-electron chi connectivity index (χ4n) is 2.05. The summed E-state index contributed by atoms with van der Waals surface area (Å²) in [6, 6.07) is 11.3. The molecule has 0 fully saturated rings. The summed E-state index contributed by atoms with van der Waals surface area (Å²) in [6.07, 6.45) is 0.974. The molecule has 96 valence electrons. The zero-order valence-corrected chi connectivity index (χ0v) is 11.2. The number of halogens is 1. The highest BCUT2D eigenvalue weighted by molar-refractivity contribution is 6.31. The van der Waals surface area contributed by atoms with Crippen LogP contribution in [-0.4, -0.2) is 4.98 Å². The Morgan fingerprint density at radius 3 is 2.79 bits per heavy atom. The van der Waals surface area contributed by atoms with E-state index in [4.69, 9.17) is 21.8 Å². The van der Waals surface area contributed by atoms with E-state index in [2.05, 4.69) is 11.9 Å². The van der Waals surface area contributed by atoms with Gasteiger partial charge in [0.05, 0.1) is 0 Å². The standard InChI is InChI=1S/C15H13ClN2O/c1-2-9-3-4-14-13(5-9)18-15(19-14)10-6-11(16)8-12(17)7-10/h3-8H,2,17H2,1H3. The zero-order valence-electron chi connectivity index (χ0n) is 10.5. The lowest BCUT2D eigenvalue weighted by Crippen LogP contribution is -1.86. The first kappa shape index (κ1) is 12.1. The lowest BCUT2D eigenvalue weighted by Gasteiger charge is -1.98. The number of aromatic nitrogens is 1. The summed E-state index contributed by atoms with van der Waals surface area (Å²) in [6.45, 7) is 2.11. The Balaban J connectivity index is 2.14. The predicted octanol–water partition coefficient (Wildman–Crippen LogP) is 4.29. The molecule has 0 aliphatic rings. The molecular formula is C15H13ClN2O. The van der Waals surface area contributed by atoms with Gasteiger partial charge in [-0.2, -0.15) is 0 Å². The number of fused-ring (bicyclic) bond motifs is 1. The molecule has 0 saturated heterocycles. The van der Waals surface area contributed by atoms with Crippen LogP contribution in [0.25, 0.3) is 22.6 Å². The molecule has 19 heavy (non-hydrogen) atoms. The lowest BCUT2D eigenvalue weighted by atomic mass is 10.1. The number of rotatable bonds is 2. The highest BCUT2D eigenvalue weighted by atomic mass is 35.5. The molecule has 3 aromatic rings. The zero-order chi connectivity index (χ0) is 13.4. The highest BCUT2D eigenvalue weighted by Gasteiger charge is 2.09. The number of hydrogen-bond acceptors (Lipinski definition) is 3. The van der Waals surface area contributed by atoms with Crippen LogP contribution >= 0.6 is 11.6 Å². The van der Waals surface area contributed by atoms with Crippen molar-refractivity contribution in [3.63, 3.8) is 0 Å². The quantitative estimate of drug-likeness (QED) is 0.708. The number of benzene rings is 2. The highest BCUT2D eigenvalue weighted by Crippen LogP contribution is 2.28. The summed E-state index contributed by atoms with van der Waals surface area (Å²) in [5.74, 6) is 0.539. The topological polar surface area (TPSA) is 52.0 Å². The smallest absolute Gasteiger partial charge is 0.227 e. The van der Waals surface area contributed by atoms with Gasteiger partial charge in [0.1, 0.15) is 5.52 Å². The maximum atomic E-state index is 6.00. The lowest BCUT2D eigenvalue weighted by molar-refractivity contribution is 0.620. The maximum Gasteiger partial charge on any atom is 0.227 e. The first-order valence-electron chi connectivity index (χ1n) is 6.11. The van der Waals surface area contributed by atoms with Gasteiger partial charge in [-0.05, 0) is 42.3 Å². The number of nitrogen functional groups attached to an aromatic ring is 1. The number of aryl methyl sites for hydroxylation is 1. The first-order valence-corrected chi connectivity index (χ1v) is 6.49. The van der Waals surface area contributed by atoms with E-state index in [1.807, 2.05) is 18.2 Å². The van der Waals surface area contributed by atoms with E-state index in [-0.39, 0.29) is 0 Å². The molecule has 1 aromatic heterocycles.